The Bertz CT molecular complexity index is 718. The Balaban J connectivity index is 1.99. The van der Waals surface area contributed by atoms with Crippen LogP contribution in [0.1, 0.15) is 16.7 Å². The molecule has 0 saturated carbocycles. The number of aromatic nitrogens is 1. The number of anilines is 1. The van der Waals surface area contributed by atoms with Crippen LogP contribution in [0.25, 0.3) is 0 Å². The van der Waals surface area contributed by atoms with E-state index in [9.17, 15) is 4.79 Å². The summed E-state index contributed by atoms with van der Waals surface area (Å²) in [4.78, 5) is 17.9. The van der Waals surface area contributed by atoms with E-state index < -0.39 is 6.04 Å². The topological polar surface area (TPSA) is 83.0 Å². The minimum Gasteiger partial charge on any atom is -0.368 e. The SMILES string of the molecule is N#Cc1ccc(N2Cc3ccccc3C[C@H]2C(N)=O)nc1. The van der Waals surface area contributed by atoms with Gasteiger partial charge in [-0.05, 0) is 23.3 Å². The molecule has 104 valence electrons. The monoisotopic (exact) mass is 278 g/mol. The lowest BCUT2D eigenvalue weighted by Crippen LogP contribution is -2.49. The van der Waals surface area contributed by atoms with E-state index in [0.29, 0.717) is 24.3 Å². The zero-order valence-corrected chi connectivity index (χ0v) is 11.4. The Labute approximate surface area is 122 Å². The average molecular weight is 278 g/mol. The number of nitrogens with two attached hydrogens (primary N) is 1. The van der Waals surface area contributed by atoms with Gasteiger partial charge in [0, 0.05) is 19.2 Å². The van der Waals surface area contributed by atoms with Crippen molar-refractivity contribution in [2.75, 3.05) is 4.90 Å². The zero-order valence-electron chi connectivity index (χ0n) is 11.4. The van der Waals surface area contributed by atoms with Crippen molar-refractivity contribution in [3.8, 4) is 6.07 Å². The molecule has 1 amide bonds. The van der Waals surface area contributed by atoms with E-state index in [4.69, 9.17) is 11.0 Å². The lowest BCUT2D eigenvalue weighted by molar-refractivity contribution is -0.119. The second-order valence-electron chi connectivity index (χ2n) is 5.04. The predicted octanol–water partition coefficient (Wildman–Crippen LogP) is 1.37. The molecule has 0 spiro atoms. The van der Waals surface area contributed by atoms with E-state index in [0.717, 1.165) is 5.56 Å². The first-order valence-corrected chi connectivity index (χ1v) is 6.68. The van der Waals surface area contributed by atoms with Crippen LogP contribution in [0.2, 0.25) is 0 Å². The summed E-state index contributed by atoms with van der Waals surface area (Å²) in [5.41, 5.74) is 8.35. The normalized spacial score (nSPS) is 16.9. The predicted molar refractivity (Wildman–Crippen MR) is 78.3 cm³/mol. The van der Waals surface area contributed by atoms with Crippen molar-refractivity contribution >= 4 is 11.7 Å². The third-order valence-electron chi connectivity index (χ3n) is 3.75. The van der Waals surface area contributed by atoms with E-state index in [1.807, 2.05) is 35.2 Å². The lowest BCUT2D eigenvalue weighted by Gasteiger charge is -2.35. The summed E-state index contributed by atoms with van der Waals surface area (Å²) in [6.07, 6.45) is 2.08. The summed E-state index contributed by atoms with van der Waals surface area (Å²) in [6, 6.07) is 13.1. The maximum atomic E-state index is 11.8. The number of carbonyl (C=O) groups excluding carboxylic acids is 1. The van der Waals surface area contributed by atoms with Crippen LogP contribution in [0.15, 0.2) is 42.6 Å². The Hall–Kier alpha value is -2.87. The van der Waals surface area contributed by atoms with Gasteiger partial charge < -0.3 is 10.6 Å². The maximum Gasteiger partial charge on any atom is 0.240 e. The zero-order chi connectivity index (χ0) is 14.8. The highest BCUT2D eigenvalue weighted by atomic mass is 16.1. The summed E-state index contributed by atoms with van der Waals surface area (Å²) in [7, 11) is 0. The molecule has 1 atom stereocenters. The third-order valence-corrected chi connectivity index (χ3v) is 3.75. The molecule has 2 heterocycles. The van der Waals surface area contributed by atoms with Crippen molar-refractivity contribution in [2.24, 2.45) is 5.73 Å². The second kappa shape index (κ2) is 5.25. The molecule has 0 saturated heterocycles. The van der Waals surface area contributed by atoms with Gasteiger partial charge in [0.1, 0.15) is 17.9 Å². The highest BCUT2D eigenvalue weighted by Crippen LogP contribution is 2.27. The Morgan fingerprint density at radius 3 is 2.67 bits per heavy atom. The average Bonchev–Trinajstić information content (AvgIpc) is 2.53. The third kappa shape index (κ3) is 2.43. The molecule has 3 rings (SSSR count). The molecule has 21 heavy (non-hydrogen) atoms. The van der Waals surface area contributed by atoms with Crippen LogP contribution >= 0.6 is 0 Å². The highest BCUT2D eigenvalue weighted by molar-refractivity contribution is 5.84. The van der Waals surface area contributed by atoms with Crippen LogP contribution in [0.4, 0.5) is 5.82 Å². The number of amides is 1. The van der Waals surface area contributed by atoms with Crippen molar-refractivity contribution in [3.63, 3.8) is 0 Å². The van der Waals surface area contributed by atoms with Crippen molar-refractivity contribution in [1.82, 2.24) is 4.98 Å². The van der Waals surface area contributed by atoms with Crippen molar-refractivity contribution < 1.29 is 4.79 Å². The van der Waals surface area contributed by atoms with Crippen LogP contribution in [-0.4, -0.2) is 16.9 Å². The molecule has 0 unspecified atom stereocenters. The number of fused-ring (bicyclic) bond motifs is 1. The minimum atomic E-state index is -0.416. The van der Waals surface area contributed by atoms with Crippen LogP contribution < -0.4 is 10.6 Å². The van der Waals surface area contributed by atoms with Gasteiger partial charge in [0.05, 0.1) is 5.56 Å². The molecule has 0 bridgehead atoms. The van der Waals surface area contributed by atoms with Crippen molar-refractivity contribution in [1.29, 1.82) is 5.26 Å². The molecule has 1 aliphatic heterocycles. The fraction of sp³-hybridized carbons (Fsp3) is 0.188. The molecule has 1 aromatic carbocycles. The first-order valence-electron chi connectivity index (χ1n) is 6.68. The van der Waals surface area contributed by atoms with Gasteiger partial charge in [0.2, 0.25) is 5.91 Å². The number of hydrogen-bond donors (Lipinski definition) is 1. The fourth-order valence-electron chi connectivity index (χ4n) is 2.64. The molecule has 0 fully saturated rings. The molecule has 1 aliphatic rings. The molecular formula is C16H14N4O. The van der Waals surface area contributed by atoms with E-state index >= 15 is 0 Å². The Kier molecular flexibility index (Phi) is 3.28. The summed E-state index contributed by atoms with van der Waals surface area (Å²) in [6.45, 7) is 0.586. The summed E-state index contributed by atoms with van der Waals surface area (Å²) in [5.74, 6) is 0.294. The van der Waals surface area contributed by atoms with Gasteiger partial charge in [-0.2, -0.15) is 5.26 Å². The van der Waals surface area contributed by atoms with Gasteiger partial charge in [-0.15, -0.1) is 0 Å². The molecule has 2 N–H and O–H groups in total. The molecule has 2 aromatic rings. The molecule has 0 radical (unpaired) electrons. The summed E-state index contributed by atoms with van der Waals surface area (Å²) < 4.78 is 0. The second-order valence-corrected chi connectivity index (χ2v) is 5.04. The molecule has 1 aromatic heterocycles. The van der Waals surface area contributed by atoms with Gasteiger partial charge in [0.25, 0.3) is 0 Å². The number of rotatable bonds is 2. The van der Waals surface area contributed by atoms with E-state index in [-0.39, 0.29) is 5.91 Å². The molecular weight excluding hydrogens is 264 g/mol. The Morgan fingerprint density at radius 1 is 1.29 bits per heavy atom. The van der Waals surface area contributed by atoms with E-state index in [2.05, 4.69) is 4.98 Å². The number of pyridine rings is 1. The Morgan fingerprint density at radius 2 is 2.05 bits per heavy atom. The number of carbonyl (C=O) groups is 1. The number of nitrogens with zero attached hydrogens (tertiary/aromatic N) is 3. The van der Waals surface area contributed by atoms with Gasteiger partial charge in [0.15, 0.2) is 0 Å². The van der Waals surface area contributed by atoms with Crippen molar-refractivity contribution in [3.05, 3.63) is 59.3 Å². The van der Waals surface area contributed by atoms with Gasteiger partial charge >= 0.3 is 0 Å². The first-order chi connectivity index (χ1) is 10.2. The highest BCUT2D eigenvalue weighted by Gasteiger charge is 2.30. The molecule has 5 nitrogen and oxygen atoms in total. The standard InChI is InChI=1S/C16H14N4O/c17-8-11-5-6-15(19-9-11)20-10-13-4-2-1-3-12(13)7-14(20)16(18)21/h1-6,9,14H,7,10H2,(H2,18,21)/t14-/m0/s1. The maximum absolute atomic E-state index is 11.8. The number of benzene rings is 1. The van der Waals surface area contributed by atoms with Crippen LogP contribution in [0.5, 0.6) is 0 Å². The van der Waals surface area contributed by atoms with E-state index in [1.165, 1.54) is 11.8 Å². The summed E-state index contributed by atoms with van der Waals surface area (Å²) in [5, 5.41) is 8.83. The van der Waals surface area contributed by atoms with Gasteiger partial charge in [-0.3, -0.25) is 4.79 Å². The van der Waals surface area contributed by atoms with Crippen LogP contribution in [0.3, 0.4) is 0 Å². The number of primary amides is 1. The quantitative estimate of drug-likeness (QED) is 0.899. The van der Waals surface area contributed by atoms with Crippen LogP contribution in [-0.2, 0) is 17.8 Å². The van der Waals surface area contributed by atoms with Crippen molar-refractivity contribution in [2.45, 2.75) is 19.0 Å². The largest absolute Gasteiger partial charge is 0.368 e. The van der Waals surface area contributed by atoms with Crippen LogP contribution in [0, 0.1) is 11.3 Å². The number of nitriles is 1. The van der Waals surface area contributed by atoms with Gasteiger partial charge in [-0.1, -0.05) is 24.3 Å². The van der Waals surface area contributed by atoms with E-state index in [1.54, 1.807) is 12.1 Å². The number of hydrogen-bond acceptors (Lipinski definition) is 4. The smallest absolute Gasteiger partial charge is 0.240 e. The first kappa shape index (κ1) is 13.1. The van der Waals surface area contributed by atoms with Gasteiger partial charge in [-0.25, -0.2) is 4.98 Å². The fourth-order valence-corrected chi connectivity index (χ4v) is 2.64. The minimum absolute atomic E-state index is 0.365. The summed E-state index contributed by atoms with van der Waals surface area (Å²) >= 11 is 0. The lowest BCUT2D eigenvalue weighted by atomic mass is 9.93. The molecule has 0 aliphatic carbocycles. The molecule has 5 heteroatoms.